The van der Waals surface area contributed by atoms with Gasteiger partial charge in [-0.05, 0) is 18.2 Å². The number of nitro benzene ring substituents is 1. The fourth-order valence-corrected chi connectivity index (χ4v) is 2.98. The summed E-state index contributed by atoms with van der Waals surface area (Å²) >= 11 is 0. The Morgan fingerprint density at radius 3 is 2.81 bits per heavy atom. The van der Waals surface area contributed by atoms with E-state index in [-0.39, 0.29) is 35.2 Å². The van der Waals surface area contributed by atoms with E-state index >= 15 is 0 Å². The molecule has 3 rings (SSSR count). The molecule has 0 saturated heterocycles. The first-order valence-electron chi connectivity index (χ1n) is 7.80. The Morgan fingerprint density at radius 1 is 1.42 bits per heavy atom. The van der Waals surface area contributed by atoms with Crippen LogP contribution in [0.15, 0.2) is 49.1 Å². The SMILES string of the molecule is C=CCN1C(=O)c2ccccc2N[C@H]1c1cc(OC)c(O)cc1[N+](=O)[O-]. The van der Waals surface area contributed by atoms with Crippen molar-refractivity contribution in [2.45, 2.75) is 6.17 Å². The molecule has 1 aliphatic rings. The predicted molar refractivity (Wildman–Crippen MR) is 95.4 cm³/mol. The van der Waals surface area contributed by atoms with Crippen molar-refractivity contribution in [1.82, 2.24) is 4.90 Å². The van der Waals surface area contributed by atoms with Gasteiger partial charge in [0.25, 0.3) is 11.6 Å². The largest absolute Gasteiger partial charge is 0.504 e. The van der Waals surface area contributed by atoms with E-state index in [1.165, 1.54) is 18.1 Å². The highest BCUT2D eigenvalue weighted by Crippen LogP contribution is 2.41. The second-order valence-electron chi connectivity index (χ2n) is 5.68. The Morgan fingerprint density at radius 2 is 2.15 bits per heavy atom. The minimum Gasteiger partial charge on any atom is -0.504 e. The van der Waals surface area contributed by atoms with Crippen molar-refractivity contribution in [2.24, 2.45) is 0 Å². The number of nitrogens with zero attached hydrogens (tertiary/aromatic N) is 2. The zero-order valence-electron chi connectivity index (χ0n) is 14.0. The minimum atomic E-state index is -0.815. The number of anilines is 1. The second-order valence-corrected chi connectivity index (χ2v) is 5.68. The molecule has 0 spiro atoms. The molecule has 2 aromatic carbocycles. The molecular formula is C18H17N3O5. The summed E-state index contributed by atoms with van der Waals surface area (Å²) in [6.45, 7) is 3.84. The Labute approximate surface area is 149 Å². The van der Waals surface area contributed by atoms with Gasteiger partial charge in [0, 0.05) is 12.2 Å². The number of hydrogen-bond donors (Lipinski definition) is 2. The van der Waals surface area contributed by atoms with Crippen LogP contribution in [0.25, 0.3) is 0 Å². The van der Waals surface area contributed by atoms with E-state index in [1.807, 2.05) is 0 Å². The van der Waals surface area contributed by atoms with Crippen LogP contribution in [0.5, 0.6) is 11.5 Å². The first kappa shape index (κ1) is 17.3. The molecule has 0 aliphatic carbocycles. The lowest BCUT2D eigenvalue weighted by atomic mass is 10.0. The number of nitrogens with one attached hydrogen (secondary N) is 1. The topological polar surface area (TPSA) is 105 Å². The molecule has 1 aliphatic heterocycles. The van der Waals surface area contributed by atoms with Crippen molar-refractivity contribution in [1.29, 1.82) is 0 Å². The van der Waals surface area contributed by atoms with E-state index in [1.54, 1.807) is 30.3 Å². The predicted octanol–water partition coefficient (Wildman–Crippen LogP) is 3.06. The van der Waals surface area contributed by atoms with Gasteiger partial charge in [-0.25, -0.2) is 0 Å². The molecule has 1 amide bonds. The van der Waals surface area contributed by atoms with Gasteiger partial charge in [-0.2, -0.15) is 0 Å². The summed E-state index contributed by atoms with van der Waals surface area (Å²) in [6, 6.07) is 9.31. The maximum Gasteiger partial charge on any atom is 0.280 e. The van der Waals surface area contributed by atoms with Crippen molar-refractivity contribution < 1.29 is 19.6 Å². The minimum absolute atomic E-state index is 0.0808. The lowest BCUT2D eigenvalue weighted by Gasteiger charge is -2.37. The molecule has 8 heteroatoms. The zero-order chi connectivity index (χ0) is 18.8. The number of para-hydroxylation sites is 1. The van der Waals surface area contributed by atoms with Gasteiger partial charge in [0.05, 0.1) is 29.2 Å². The summed E-state index contributed by atoms with van der Waals surface area (Å²) in [4.78, 5) is 25.2. The number of rotatable bonds is 5. The third-order valence-corrected chi connectivity index (χ3v) is 4.17. The first-order valence-corrected chi connectivity index (χ1v) is 7.80. The van der Waals surface area contributed by atoms with Crippen molar-refractivity contribution in [3.8, 4) is 11.5 Å². The van der Waals surface area contributed by atoms with E-state index in [4.69, 9.17) is 4.74 Å². The molecule has 26 heavy (non-hydrogen) atoms. The van der Waals surface area contributed by atoms with Gasteiger partial charge < -0.3 is 20.1 Å². The molecule has 2 N–H and O–H groups in total. The van der Waals surface area contributed by atoms with Gasteiger partial charge in [0.1, 0.15) is 6.17 Å². The quantitative estimate of drug-likeness (QED) is 0.485. The number of methoxy groups -OCH3 is 1. The van der Waals surface area contributed by atoms with Gasteiger partial charge in [0.2, 0.25) is 0 Å². The Bertz CT molecular complexity index is 896. The van der Waals surface area contributed by atoms with E-state index in [2.05, 4.69) is 11.9 Å². The number of amides is 1. The lowest BCUT2D eigenvalue weighted by Crippen LogP contribution is -2.43. The highest BCUT2D eigenvalue weighted by molar-refractivity contribution is 6.01. The summed E-state index contributed by atoms with van der Waals surface area (Å²) in [7, 11) is 1.35. The molecule has 1 atom stereocenters. The van der Waals surface area contributed by atoms with Gasteiger partial charge in [-0.15, -0.1) is 6.58 Å². The maximum absolute atomic E-state index is 12.9. The van der Waals surface area contributed by atoms with Crippen LogP contribution < -0.4 is 10.1 Å². The normalized spacial score (nSPS) is 15.8. The third-order valence-electron chi connectivity index (χ3n) is 4.17. The Hall–Kier alpha value is -3.55. The molecule has 0 bridgehead atoms. The van der Waals surface area contributed by atoms with Crippen LogP contribution in [0.2, 0.25) is 0 Å². The van der Waals surface area contributed by atoms with E-state index in [0.717, 1.165) is 6.07 Å². The number of hydrogen-bond acceptors (Lipinski definition) is 6. The number of benzene rings is 2. The van der Waals surface area contributed by atoms with Crippen molar-refractivity contribution >= 4 is 17.3 Å². The monoisotopic (exact) mass is 355 g/mol. The standard InChI is InChI=1S/C18H17N3O5/c1-3-8-20-17(19-13-7-5-4-6-11(13)18(20)23)12-9-16(26-2)15(22)10-14(12)21(24)25/h3-7,9-10,17,19,22H,1,8H2,2H3/t17-/m1/s1. The van der Waals surface area contributed by atoms with Gasteiger partial charge in [0.15, 0.2) is 11.5 Å². The number of carbonyl (C=O) groups is 1. The highest BCUT2D eigenvalue weighted by atomic mass is 16.6. The summed E-state index contributed by atoms with van der Waals surface area (Å²) in [6.07, 6.45) is 0.731. The molecule has 0 saturated carbocycles. The number of nitro groups is 1. The molecule has 0 unspecified atom stereocenters. The number of aromatic hydroxyl groups is 1. The number of fused-ring (bicyclic) bond motifs is 1. The maximum atomic E-state index is 12.9. The number of phenolic OH excluding ortho intramolecular Hbond substituents is 1. The van der Waals surface area contributed by atoms with Gasteiger partial charge >= 0.3 is 0 Å². The fourth-order valence-electron chi connectivity index (χ4n) is 2.98. The third kappa shape index (κ3) is 2.81. The van der Waals surface area contributed by atoms with Crippen LogP contribution in [0, 0.1) is 10.1 Å². The number of ether oxygens (including phenoxy) is 1. The molecule has 0 radical (unpaired) electrons. The number of carbonyl (C=O) groups excluding carboxylic acids is 1. The van der Waals surface area contributed by atoms with Crippen LogP contribution in [0.3, 0.4) is 0 Å². The Kier molecular flexibility index (Phi) is 4.49. The molecule has 0 aromatic heterocycles. The van der Waals surface area contributed by atoms with E-state index in [0.29, 0.717) is 11.3 Å². The molecule has 8 nitrogen and oxygen atoms in total. The zero-order valence-corrected chi connectivity index (χ0v) is 14.0. The van der Waals surface area contributed by atoms with E-state index < -0.39 is 11.1 Å². The first-order chi connectivity index (χ1) is 12.5. The summed E-state index contributed by atoms with van der Waals surface area (Å²) in [5.74, 6) is -0.538. The summed E-state index contributed by atoms with van der Waals surface area (Å²) in [5.41, 5.74) is 0.930. The van der Waals surface area contributed by atoms with Crippen molar-refractivity contribution in [3.05, 3.63) is 70.3 Å². The average Bonchev–Trinajstić information content (AvgIpc) is 2.63. The summed E-state index contributed by atoms with van der Waals surface area (Å²) < 4.78 is 5.08. The van der Waals surface area contributed by atoms with Crippen LogP contribution in [0.4, 0.5) is 11.4 Å². The smallest absolute Gasteiger partial charge is 0.280 e. The molecule has 2 aromatic rings. The van der Waals surface area contributed by atoms with Gasteiger partial charge in [-0.1, -0.05) is 18.2 Å². The summed E-state index contributed by atoms with van der Waals surface area (Å²) in [5, 5.41) is 24.6. The van der Waals surface area contributed by atoms with Crippen LogP contribution in [0.1, 0.15) is 22.1 Å². The lowest BCUT2D eigenvalue weighted by molar-refractivity contribution is -0.386. The molecule has 1 heterocycles. The fraction of sp³-hybridized carbons (Fsp3) is 0.167. The van der Waals surface area contributed by atoms with Crippen LogP contribution in [-0.4, -0.2) is 34.5 Å². The van der Waals surface area contributed by atoms with Crippen LogP contribution in [-0.2, 0) is 0 Å². The second kappa shape index (κ2) is 6.75. The average molecular weight is 355 g/mol. The molecule has 134 valence electrons. The molecular weight excluding hydrogens is 338 g/mol. The van der Waals surface area contributed by atoms with Crippen LogP contribution >= 0.6 is 0 Å². The number of phenols is 1. The Balaban J connectivity index is 2.19. The van der Waals surface area contributed by atoms with Crippen molar-refractivity contribution in [3.63, 3.8) is 0 Å². The highest BCUT2D eigenvalue weighted by Gasteiger charge is 2.36. The van der Waals surface area contributed by atoms with E-state index in [9.17, 15) is 20.0 Å². The van der Waals surface area contributed by atoms with Crippen molar-refractivity contribution in [2.75, 3.05) is 19.0 Å². The van der Waals surface area contributed by atoms with Gasteiger partial charge in [-0.3, -0.25) is 14.9 Å². The molecule has 0 fully saturated rings.